The van der Waals surface area contributed by atoms with Crippen molar-refractivity contribution in [2.75, 3.05) is 0 Å². The lowest BCUT2D eigenvalue weighted by Gasteiger charge is -2.06. The predicted octanol–water partition coefficient (Wildman–Crippen LogP) is 4.60. The number of rotatable bonds is 7. The number of fused-ring (bicyclic) bond motifs is 1. The molecule has 0 atom stereocenters. The van der Waals surface area contributed by atoms with E-state index in [1.165, 1.54) is 0 Å². The van der Waals surface area contributed by atoms with Gasteiger partial charge in [-0.15, -0.1) is 0 Å². The van der Waals surface area contributed by atoms with E-state index in [2.05, 4.69) is 26.9 Å². The fourth-order valence-electron chi connectivity index (χ4n) is 2.71. The van der Waals surface area contributed by atoms with Gasteiger partial charge in [-0.05, 0) is 37.1 Å². The van der Waals surface area contributed by atoms with Gasteiger partial charge in [0.15, 0.2) is 5.58 Å². The van der Waals surface area contributed by atoms with E-state index in [-0.39, 0.29) is 0 Å². The maximum Gasteiger partial charge on any atom is 0.228 e. The number of aromatic nitrogens is 4. The maximum atomic E-state index is 5.84. The van der Waals surface area contributed by atoms with Crippen LogP contribution in [0.4, 0.5) is 0 Å². The zero-order chi connectivity index (χ0) is 18.5. The monoisotopic (exact) mass is 360 g/mol. The molecule has 3 heterocycles. The molecule has 6 heteroatoms. The molecule has 0 N–H and O–H groups in total. The second kappa shape index (κ2) is 7.95. The average Bonchev–Trinajstić information content (AvgIpc) is 3.15. The standard InChI is InChI=1S/C21H20N4O2/c1-2-3-6-16-12-24-17(13-23-16)14-26-18-7-8-20-19(10-18)25-21(27-20)15-5-4-9-22-11-15/h4-5,7-13H,2-3,6,14H2,1H3. The average molecular weight is 360 g/mol. The molecule has 6 nitrogen and oxygen atoms in total. The van der Waals surface area contributed by atoms with Crippen molar-refractivity contribution in [3.8, 4) is 17.2 Å². The minimum atomic E-state index is 0.361. The normalized spacial score (nSPS) is 11.0. The van der Waals surface area contributed by atoms with Crippen LogP contribution in [-0.2, 0) is 13.0 Å². The molecule has 0 saturated heterocycles. The van der Waals surface area contributed by atoms with Gasteiger partial charge in [-0.25, -0.2) is 4.98 Å². The molecule has 1 aromatic carbocycles. The Balaban J connectivity index is 1.45. The van der Waals surface area contributed by atoms with Crippen LogP contribution in [0.5, 0.6) is 5.75 Å². The number of hydrogen-bond acceptors (Lipinski definition) is 6. The van der Waals surface area contributed by atoms with Crippen molar-refractivity contribution >= 4 is 11.1 Å². The number of unbranched alkanes of at least 4 members (excludes halogenated alkanes) is 1. The van der Waals surface area contributed by atoms with Crippen LogP contribution >= 0.6 is 0 Å². The molecule has 0 aliphatic heterocycles. The smallest absolute Gasteiger partial charge is 0.228 e. The van der Waals surface area contributed by atoms with Crippen molar-refractivity contribution in [2.24, 2.45) is 0 Å². The summed E-state index contributed by atoms with van der Waals surface area (Å²) < 4.78 is 11.6. The Morgan fingerprint density at radius 1 is 1.04 bits per heavy atom. The minimum absolute atomic E-state index is 0.361. The van der Waals surface area contributed by atoms with Gasteiger partial charge in [0.2, 0.25) is 5.89 Å². The molecular weight excluding hydrogens is 340 g/mol. The first-order valence-corrected chi connectivity index (χ1v) is 9.05. The second-order valence-corrected chi connectivity index (χ2v) is 6.28. The molecule has 0 saturated carbocycles. The summed E-state index contributed by atoms with van der Waals surface area (Å²) in [7, 11) is 0. The molecule has 0 spiro atoms. The number of pyridine rings is 1. The van der Waals surface area contributed by atoms with Gasteiger partial charge in [0, 0.05) is 24.7 Å². The molecule has 4 rings (SSSR count). The van der Waals surface area contributed by atoms with E-state index in [4.69, 9.17) is 9.15 Å². The van der Waals surface area contributed by atoms with Gasteiger partial charge in [-0.2, -0.15) is 0 Å². The van der Waals surface area contributed by atoms with Crippen LogP contribution in [-0.4, -0.2) is 19.9 Å². The second-order valence-electron chi connectivity index (χ2n) is 6.28. The van der Waals surface area contributed by atoms with Gasteiger partial charge in [-0.3, -0.25) is 15.0 Å². The Kier molecular flexibility index (Phi) is 5.05. The van der Waals surface area contributed by atoms with Gasteiger partial charge in [-0.1, -0.05) is 13.3 Å². The van der Waals surface area contributed by atoms with Crippen LogP contribution < -0.4 is 4.74 Å². The molecule has 0 unspecified atom stereocenters. The summed E-state index contributed by atoms with van der Waals surface area (Å²) in [6.07, 6.45) is 10.3. The van der Waals surface area contributed by atoms with E-state index in [0.29, 0.717) is 23.8 Å². The third kappa shape index (κ3) is 4.11. The highest BCUT2D eigenvalue weighted by atomic mass is 16.5. The summed E-state index contributed by atoms with van der Waals surface area (Å²) in [5, 5.41) is 0. The molecule has 0 radical (unpaired) electrons. The van der Waals surface area contributed by atoms with Crippen LogP contribution in [0.3, 0.4) is 0 Å². The molecule has 3 aromatic heterocycles. The lowest BCUT2D eigenvalue weighted by molar-refractivity contribution is 0.301. The first kappa shape index (κ1) is 17.1. The van der Waals surface area contributed by atoms with Crippen LogP contribution in [0.2, 0.25) is 0 Å². The fourth-order valence-corrected chi connectivity index (χ4v) is 2.71. The molecule has 136 valence electrons. The lowest BCUT2D eigenvalue weighted by atomic mass is 10.2. The van der Waals surface area contributed by atoms with Gasteiger partial charge >= 0.3 is 0 Å². The Labute approximate surface area is 157 Å². The molecule has 0 fully saturated rings. The van der Waals surface area contributed by atoms with E-state index in [9.17, 15) is 0 Å². The Hall–Kier alpha value is -3.28. The van der Waals surface area contributed by atoms with Crippen LogP contribution in [0, 0.1) is 0 Å². The van der Waals surface area contributed by atoms with Gasteiger partial charge in [0.1, 0.15) is 17.9 Å². The number of benzene rings is 1. The first-order valence-electron chi connectivity index (χ1n) is 9.05. The van der Waals surface area contributed by atoms with Crippen LogP contribution in [0.15, 0.2) is 59.5 Å². The number of nitrogens with zero attached hydrogens (tertiary/aromatic N) is 4. The van der Waals surface area contributed by atoms with Crippen molar-refractivity contribution < 1.29 is 9.15 Å². The predicted molar refractivity (Wildman–Crippen MR) is 102 cm³/mol. The quantitative estimate of drug-likeness (QED) is 0.479. The van der Waals surface area contributed by atoms with E-state index in [1.54, 1.807) is 18.6 Å². The first-order chi connectivity index (χ1) is 13.3. The van der Waals surface area contributed by atoms with Crippen LogP contribution in [0.1, 0.15) is 31.2 Å². The lowest BCUT2D eigenvalue weighted by Crippen LogP contribution is -2.01. The molecule has 0 amide bonds. The highest BCUT2D eigenvalue weighted by Crippen LogP contribution is 2.26. The Morgan fingerprint density at radius 3 is 2.70 bits per heavy atom. The van der Waals surface area contributed by atoms with Crippen molar-refractivity contribution in [3.05, 3.63) is 66.5 Å². The van der Waals surface area contributed by atoms with Crippen molar-refractivity contribution in [3.63, 3.8) is 0 Å². The Morgan fingerprint density at radius 2 is 1.93 bits per heavy atom. The van der Waals surface area contributed by atoms with E-state index in [1.807, 2.05) is 36.5 Å². The van der Waals surface area contributed by atoms with Crippen molar-refractivity contribution in [1.29, 1.82) is 0 Å². The Bertz CT molecular complexity index is 1010. The molecule has 0 aliphatic carbocycles. The number of oxazole rings is 1. The zero-order valence-electron chi connectivity index (χ0n) is 15.1. The van der Waals surface area contributed by atoms with Gasteiger partial charge in [0.25, 0.3) is 0 Å². The SMILES string of the molecule is CCCCc1cnc(COc2ccc3oc(-c4cccnc4)nc3c2)cn1. The molecule has 0 aliphatic rings. The third-order valence-electron chi connectivity index (χ3n) is 4.20. The van der Waals surface area contributed by atoms with E-state index >= 15 is 0 Å². The summed E-state index contributed by atoms with van der Waals surface area (Å²) in [4.78, 5) is 17.5. The number of hydrogen-bond donors (Lipinski definition) is 0. The summed E-state index contributed by atoms with van der Waals surface area (Å²) in [6.45, 7) is 2.53. The van der Waals surface area contributed by atoms with Crippen molar-refractivity contribution in [2.45, 2.75) is 32.8 Å². The summed E-state index contributed by atoms with van der Waals surface area (Å²) in [6, 6.07) is 9.35. The van der Waals surface area contributed by atoms with E-state index in [0.717, 1.165) is 41.7 Å². The van der Waals surface area contributed by atoms with Gasteiger partial charge < -0.3 is 9.15 Å². The van der Waals surface area contributed by atoms with Gasteiger partial charge in [0.05, 0.1) is 23.1 Å². The third-order valence-corrected chi connectivity index (χ3v) is 4.20. The molecule has 0 bridgehead atoms. The number of aryl methyl sites for hydroxylation is 1. The maximum absolute atomic E-state index is 5.84. The number of ether oxygens (including phenoxy) is 1. The minimum Gasteiger partial charge on any atom is -0.487 e. The largest absolute Gasteiger partial charge is 0.487 e. The highest BCUT2D eigenvalue weighted by molar-refractivity contribution is 5.77. The zero-order valence-corrected chi connectivity index (χ0v) is 15.1. The summed E-state index contributed by atoms with van der Waals surface area (Å²) in [5.41, 5.74) is 4.11. The summed E-state index contributed by atoms with van der Waals surface area (Å²) >= 11 is 0. The molecule has 27 heavy (non-hydrogen) atoms. The van der Waals surface area contributed by atoms with Crippen LogP contribution in [0.25, 0.3) is 22.6 Å². The molecule has 4 aromatic rings. The topological polar surface area (TPSA) is 73.9 Å². The summed E-state index contributed by atoms with van der Waals surface area (Å²) in [5.74, 6) is 1.26. The van der Waals surface area contributed by atoms with E-state index < -0.39 is 0 Å². The van der Waals surface area contributed by atoms with Crippen molar-refractivity contribution in [1.82, 2.24) is 19.9 Å². The molecular formula is C21H20N4O2. The fraction of sp³-hybridized carbons (Fsp3) is 0.238. The highest BCUT2D eigenvalue weighted by Gasteiger charge is 2.09.